The third-order valence-corrected chi connectivity index (χ3v) is 3.22. The lowest BCUT2D eigenvalue weighted by molar-refractivity contribution is -0.174. The first-order valence-electron chi connectivity index (χ1n) is 7.55. The van der Waals surface area contributed by atoms with Crippen molar-refractivity contribution in [3.8, 4) is 6.07 Å². The second kappa shape index (κ2) is 10.1. The molecule has 0 radical (unpaired) electrons. The van der Waals surface area contributed by atoms with Gasteiger partial charge in [0.05, 0.1) is 12.7 Å². The lowest BCUT2D eigenvalue weighted by atomic mass is 10.1. The first-order valence-corrected chi connectivity index (χ1v) is 7.55. The van der Waals surface area contributed by atoms with Gasteiger partial charge < -0.3 is 18.9 Å². The highest BCUT2D eigenvalue weighted by Gasteiger charge is 2.19. The summed E-state index contributed by atoms with van der Waals surface area (Å²) in [6, 6.07) is 2.17. The zero-order chi connectivity index (χ0) is 14.8. The van der Waals surface area contributed by atoms with Crippen molar-refractivity contribution in [1.82, 2.24) is 0 Å². The predicted octanol–water partition coefficient (Wildman–Crippen LogP) is 2.85. The second-order valence-corrected chi connectivity index (χ2v) is 5.25. The van der Waals surface area contributed by atoms with Crippen LogP contribution in [0.5, 0.6) is 0 Å². The monoisotopic (exact) mass is 285 g/mol. The van der Waals surface area contributed by atoms with Crippen LogP contribution in [0.25, 0.3) is 0 Å². The van der Waals surface area contributed by atoms with Crippen LogP contribution < -0.4 is 0 Å². The van der Waals surface area contributed by atoms with Gasteiger partial charge in [-0.1, -0.05) is 6.92 Å². The van der Waals surface area contributed by atoms with Gasteiger partial charge in [0.2, 0.25) is 0 Å². The van der Waals surface area contributed by atoms with Gasteiger partial charge >= 0.3 is 0 Å². The van der Waals surface area contributed by atoms with Gasteiger partial charge in [-0.2, -0.15) is 5.26 Å². The van der Waals surface area contributed by atoms with E-state index in [9.17, 15) is 0 Å². The molecule has 0 bridgehead atoms. The highest BCUT2D eigenvalue weighted by atomic mass is 16.7. The van der Waals surface area contributed by atoms with Crippen molar-refractivity contribution in [2.24, 2.45) is 5.92 Å². The van der Waals surface area contributed by atoms with E-state index in [1.54, 1.807) is 0 Å². The molecule has 3 unspecified atom stereocenters. The van der Waals surface area contributed by atoms with E-state index in [2.05, 4.69) is 13.0 Å². The standard InChI is InChI=1S/C15H27NO4/c1-4-17-13(3)20-14(10-16)9-12(2)11-19-15-7-5-6-8-18-15/h12-15H,4-9,11H2,1-3H3/t12-,13?,14?,15?/m1/s1. The van der Waals surface area contributed by atoms with Crippen LogP contribution in [0.15, 0.2) is 0 Å². The van der Waals surface area contributed by atoms with Crippen LogP contribution in [-0.4, -0.2) is 38.5 Å². The maximum Gasteiger partial charge on any atom is 0.157 e. The minimum atomic E-state index is -0.456. The quantitative estimate of drug-likeness (QED) is 0.610. The number of ether oxygens (including phenoxy) is 4. The van der Waals surface area contributed by atoms with Crippen LogP contribution in [-0.2, 0) is 18.9 Å². The van der Waals surface area contributed by atoms with Crippen molar-refractivity contribution in [1.29, 1.82) is 5.26 Å². The maximum absolute atomic E-state index is 9.11. The molecule has 1 aliphatic rings. The molecule has 0 aromatic carbocycles. The van der Waals surface area contributed by atoms with Crippen molar-refractivity contribution < 1.29 is 18.9 Å². The summed E-state index contributed by atoms with van der Waals surface area (Å²) in [5.74, 6) is 0.249. The first-order chi connectivity index (χ1) is 9.65. The molecule has 1 aliphatic heterocycles. The Bertz CT molecular complexity index is 286. The Kier molecular flexibility index (Phi) is 8.79. The number of nitriles is 1. The van der Waals surface area contributed by atoms with Gasteiger partial charge in [-0.25, -0.2) is 0 Å². The molecule has 0 N–H and O–H groups in total. The highest BCUT2D eigenvalue weighted by molar-refractivity contribution is 4.85. The molecule has 4 atom stereocenters. The van der Waals surface area contributed by atoms with E-state index in [0.29, 0.717) is 19.6 Å². The maximum atomic E-state index is 9.11. The Balaban J connectivity index is 2.21. The molecule has 1 saturated heterocycles. The largest absolute Gasteiger partial charge is 0.353 e. The summed E-state index contributed by atoms with van der Waals surface area (Å²) < 4.78 is 22.1. The zero-order valence-corrected chi connectivity index (χ0v) is 12.8. The molecule has 0 aliphatic carbocycles. The third-order valence-electron chi connectivity index (χ3n) is 3.22. The summed E-state index contributed by atoms with van der Waals surface area (Å²) in [4.78, 5) is 0. The molecule has 0 saturated carbocycles. The van der Waals surface area contributed by atoms with Gasteiger partial charge in [0.25, 0.3) is 0 Å². The van der Waals surface area contributed by atoms with Gasteiger partial charge in [0.1, 0.15) is 6.10 Å². The Labute approximate surface area is 122 Å². The van der Waals surface area contributed by atoms with Crippen molar-refractivity contribution in [2.75, 3.05) is 19.8 Å². The van der Waals surface area contributed by atoms with E-state index in [-0.39, 0.29) is 18.5 Å². The molecule has 20 heavy (non-hydrogen) atoms. The fourth-order valence-corrected chi connectivity index (χ4v) is 2.19. The Morgan fingerprint density at radius 1 is 1.35 bits per heavy atom. The topological polar surface area (TPSA) is 60.7 Å². The molecule has 5 heteroatoms. The van der Waals surface area contributed by atoms with Crippen LogP contribution in [0, 0.1) is 17.2 Å². The minimum Gasteiger partial charge on any atom is -0.353 e. The molecule has 0 aromatic rings. The van der Waals surface area contributed by atoms with E-state index in [0.717, 1.165) is 25.9 Å². The van der Waals surface area contributed by atoms with Gasteiger partial charge in [0.15, 0.2) is 12.6 Å². The predicted molar refractivity (Wildman–Crippen MR) is 74.9 cm³/mol. The van der Waals surface area contributed by atoms with Crippen molar-refractivity contribution in [3.63, 3.8) is 0 Å². The Morgan fingerprint density at radius 3 is 2.75 bits per heavy atom. The average Bonchev–Trinajstić information content (AvgIpc) is 2.45. The SMILES string of the molecule is CCOC(C)OC(C#N)C[C@@H](C)COC1CCCCO1. The summed E-state index contributed by atoms with van der Waals surface area (Å²) in [6.45, 7) is 7.73. The van der Waals surface area contributed by atoms with E-state index >= 15 is 0 Å². The van der Waals surface area contributed by atoms with Crippen molar-refractivity contribution in [3.05, 3.63) is 0 Å². The smallest absolute Gasteiger partial charge is 0.157 e. The lowest BCUT2D eigenvalue weighted by Gasteiger charge is -2.25. The van der Waals surface area contributed by atoms with Crippen LogP contribution in [0.3, 0.4) is 0 Å². The normalized spacial score (nSPS) is 23.8. The Hall–Kier alpha value is -0.670. The van der Waals surface area contributed by atoms with Gasteiger partial charge in [-0.15, -0.1) is 0 Å². The van der Waals surface area contributed by atoms with Gasteiger partial charge in [-0.05, 0) is 45.4 Å². The molecular weight excluding hydrogens is 258 g/mol. The average molecular weight is 285 g/mol. The molecule has 0 aromatic heterocycles. The van der Waals surface area contributed by atoms with Crippen LogP contribution in [0.4, 0.5) is 0 Å². The van der Waals surface area contributed by atoms with Gasteiger partial charge in [0, 0.05) is 13.2 Å². The molecule has 5 nitrogen and oxygen atoms in total. The number of rotatable bonds is 9. The Morgan fingerprint density at radius 2 is 2.15 bits per heavy atom. The fourth-order valence-electron chi connectivity index (χ4n) is 2.19. The molecule has 1 fully saturated rings. The van der Waals surface area contributed by atoms with Crippen LogP contribution in [0.1, 0.15) is 46.5 Å². The molecule has 1 rings (SSSR count). The number of hydrogen-bond acceptors (Lipinski definition) is 5. The van der Waals surface area contributed by atoms with Crippen molar-refractivity contribution >= 4 is 0 Å². The summed E-state index contributed by atoms with van der Waals surface area (Å²) in [7, 11) is 0. The number of hydrogen-bond donors (Lipinski definition) is 0. The molecule has 116 valence electrons. The van der Waals surface area contributed by atoms with Crippen molar-refractivity contribution in [2.45, 2.75) is 65.1 Å². The van der Waals surface area contributed by atoms with Gasteiger partial charge in [-0.3, -0.25) is 0 Å². The minimum absolute atomic E-state index is 0.0741. The summed E-state index contributed by atoms with van der Waals surface area (Å²) in [5, 5.41) is 9.11. The summed E-state index contributed by atoms with van der Waals surface area (Å²) in [5.41, 5.74) is 0. The van der Waals surface area contributed by atoms with E-state index in [1.807, 2.05) is 13.8 Å². The van der Waals surface area contributed by atoms with E-state index < -0.39 is 6.10 Å². The van der Waals surface area contributed by atoms with E-state index in [1.165, 1.54) is 0 Å². The number of nitrogens with zero attached hydrogens (tertiary/aromatic N) is 1. The summed E-state index contributed by atoms with van der Waals surface area (Å²) >= 11 is 0. The molecule has 1 heterocycles. The third kappa shape index (κ3) is 7.20. The lowest BCUT2D eigenvalue weighted by Crippen LogP contribution is -2.27. The second-order valence-electron chi connectivity index (χ2n) is 5.25. The summed E-state index contributed by atoms with van der Waals surface area (Å²) in [6.07, 6.45) is 3.01. The highest BCUT2D eigenvalue weighted by Crippen LogP contribution is 2.17. The molecular formula is C15H27NO4. The zero-order valence-electron chi connectivity index (χ0n) is 12.8. The first kappa shape index (κ1) is 17.4. The van der Waals surface area contributed by atoms with E-state index in [4.69, 9.17) is 24.2 Å². The fraction of sp³-hybridized carbons (Fsp3) is 0.933. The molecule has 0 spiro atoms. The molecule has 0 amide bonds. The van der Waals surface area contributed by atoms with Crippen LogP contribution >= 0.6 is 0 Å². The van der Waals surface area contributed by atoms with Crippen LogP contribution in [0.2, 0.25) is 0 Å².